The predicted molar refractivity (Wildman–Crippen MR) is 107 cm³/mol. The van der Waals surface area contributed by atoms with E-state index in [-0.39, 0.29) is 23.2 Å². The van der Waals surface area contributed by atoms with Crippen molar-refractivity contribution in [2.75, 3.05) is 22.5 Å². The number of aromatic nitrogens is 3. The molecule has 1 aromatic carbocycles. The molecule has 3 rings (SSSR count). The van der Waals surface area contributed by atoms with Crippen LogP contribution in [0.4, 0.5) is 27.9 Å². The molecule has 0 spiro atoms. The molecular weight excluding hydrogens is 358 g/mol. The summed E-state index contributed by atoms with van der Waals surface area (Å²) in [7, 11) is 0. The molecule has 2 aromatic heterocycles. The van der Waals surface area contributed by atoms with Crippen molar-refractivity contribution in [1.29, 1.82) is 0 Å². The van der Waals surface area contributed by atoms with E-state index in [0.29, 0.717) is 17.9 Å². The van der Waals surface area contributed by atoms with Crippen LogP contribution >= 0.6 is 0 Å². The Bertz CT molecular complexity index is 949. The van der Waals surface area contributed by atoms with E-state index in [2.05, 4.69) is 36.2 Å². The standard InChI is InChI=1S/C19H19N7O2/c1-2-21-19(28)26-18-22-12-15(17(27)24-13-7-4-3-5-8-13)16(25-18)23-14-9-6-10-20-11-14/h3-12H,2H2,1H3,(H,24,27)(H3,21,22,23,25,26,28). The third kappa shape index (κ3) is 5.01. The van der Waals surface area contributed by atoms with Crippen LogP contribution in [-0.2, 0) is 0 Å². The van der Waals surface area contributed by atoms with Crippen LogP contribution in [0, 0.1) is 0 Å². The summed E-state index contributed by atoms with van der Waals surface area (Å²) < 4.78 is 0. The maximum absolute atomic E-state index is 12.7. The monoisotopic (exact) mass is 377 g/mol. The number of anilines is 4. The number of benzene rings is 1. The van der Waals surface area contributed by atoms with Gasteiger partial charge in [-0.15, -0.1) is 0 Å². The van der Waals surface area contributed by atoms with Gasteiger partial charge in [0.25, 0.3) is 5.91 Å². The van der Waals surface area contributed by atoms with Gasteiger partial charge in [-0.05, 0) is 31.2 Å². The molecule has 0 aliphatic heterocycles. The zero-order chi connectivity index (χ0) is 19.8. The number of nitrogens with zero attached hydrogens (tertiary/aromatic N) is 3. The highest BCUT2D eigenvalue weighted by molar-refractivity contribution is 6.07. The number of hydrogen-bond donors (Lipinski definition) is 4. The number of pyridine rings is 1. The molecule has 142 valence electrons. The van der Waals surface area contributed by atoms with Crippen molar-refractivity contribution < 1.29 is 9.59 Å². The second-order valence-electron chi connectivity index (χ2n) is 5.63. The summed E-state index contributed by atoms with van der Waals surface area (Å²) in [5.74, 6) is -0.0843. The molecule has 9 heteroatoms. The van der Waals surface area contributed by atoms with Gasteiger partial charge in [-0.1, -0.05) is 18.2 Å². The van der Waals surface area contributed by atoms with E-state index in [9.17, 15) is 9.59 Å². The van der Waals surface area contributed by atoms with Gasteiger partial charge in [0.1, 0.15) is 11.4 Å². The van der Waals surface area contributed by atoms with Crippen molar-refractivity contribution in [2.24, 2.45) is 0 Å². The van der Waals surface area contributed by atoms with Gasteiger partial charge in [0, 0.05) is 24.6 Å². The first kappa shape index (κ1) is 18.8. The topological polar surface area (TPSA) is 121 Å². The van der Waals surface area contributed by atoms with Gasteiger partial charge in [0.05, 0.1) is 11.9 Å². The lowest BCUT2D eigenvalue weighted by Gasteiger charge is -2.13. The summed E-state index contributed by atoms with van der Waals surface area (Å²) in [4.78, 5) is 36.8. The van der Waals surface area contributed by atoms with Crippen LogP contribution in [0.2, 0.25) is 0 Å². The van der Waals surface area contributed by atoms with Gasteiger partial charge in [-0.3, -0.25) is 15.1 Å². The molecule has 9 nitrogen and oxygen atoms in total. The summed E-state index contributed by atoms with van der Waals surface area (Å²) in [6, 6.07) is 12.1. The van der Waals surface area contributed by atoms with E-state index < -0.39 is 6.03 Å². The number of urea groups is 1. The number of carbonyl (C=O) groups is 2. The normalized spacial score (nSPS) is 10.0. The average molecular weight is 377 g/mol. The van der Waals surface area contributed by atoms with Gasteiger partial charge in [0.15, 0.2) is 0 Å². The molecule has 0 atom stereocenters. The van der Waals surface area contributed by atoms with Crippen molar-refractivity contribution in [1.82, 2.24) is 20.3 Å². The van der Waals surface area contributed by atoms with Crippen molar-refractivity contribution in [2.45, 2.75) is 6.92 Å². The average Bonchev–Trinajstić information content (AvgIpc) is 2.70. The predicted octanol–water partition coefficient (Wildman–Crippen LogP) is 3.01. The maximum Gasteiger partial charge on any atom is 0.321 e. The highest BCUT2D eigenvalue weighted by Gasteiger charge is 2.16. The molecular formula is C19H19N7O2. The van der Waals surface area contributed by atoms with Crippen molar-refractivity contribution in [3.8, 4) is 0 Å². The lowest BCUT2D eigenvalue weighted by molar-refractivity contribution is 0.102. The van der Waals surface area contributed by atoms with Crippen molar-refractivity contribution in [3.63, 3.8) is 0 Å². The Morgan fingerprint density at radius 3 is 2.46 bits per heavy atom. The zero-order valence-corrected chi connectivity index (χ0v) is 15.1. The molecule has 3 aromatic rings. The van der Waals surface area contributed by atoms with E-state index in [1.165, 1.54) is 6.20 Å². The molecule has 0 saturated heterocycles. The number of nitrogens with one attached hydrogen (secondary N) is 4. The lowest BCUT2D eigenvalue weighted by atomic mass is 10.2. The van der Waals surface area contributed by atoms with Crippen LogP contribution in [0.15, 0.2) is 61.1 Å². The first-order valence-electron chi connectivity index (χ1n) is 8.61. The Kier molecular flexibility index (Phi) is 6.09. The number of para-hydroxylation sites is 1. The second kappa shape index (κ2) is 9.08. The van der Waals surface area contributed by atoms with E-state index in [1.54, 1.807) is 43.6 Å². The summed E-state index contributed by atoms with van der Waals surface area (Å²) >= 11 is 0. The highest BCUT2D eigenvalue weighted by atomic mass is 16.2. The highest BCUT2D eigenvalue weighted by Crippen LogP contribution is 2.20. The van der Waals surface area contributed by atoms with Crippen LogP contribution in [-0.4, -0.2) is 33.4 Å². The Labute approximate surface area is 161 Å². The number of hydrogen-bond acceptors (Lipinski definition) is 6. The first-order valence-corrected chi connectivity index (χ1v) is 8.61. The maximum atomic E-state index is 12.7. The fourth-order valence-corrected chi connectivity index (χ4v) is 2.30. The van der Waals surface area contributed by atoms with E-state index >= 15 is 0 Å². The summed E-state index contributed by atoms with van der Waals surface area (Å²) in [6.45, 7) is 2.26. The minimum absolute atomic E-state index is 0.0635. The molecule has 4 N–H and O–H groups in total. The largest absolute Gasteiger partial charge is 0.338 e. The molecule has 0 radical (unpaired) electrons. The van der Waals surface area contributed by atoms with Gasteiger partial charge >= 0.3 is 6.03 Å². The molecule has 28 heavy (non-hydrogen) atoms. The van der Waals surface area contributed by atoms with Gasteiger partial charge < -0.3 is 16.0 Å². The van der Waals surface area contributed by atoms with Gasteiger partial charge in [-0.2, -0.15) is 4.98 Å². The first-order chi connectivity index (χ1) is 13.7. The molecule has 0 aliphatic rings. The number of amides is 3. The van der Waals surface area contributed by atoms with Crippen molar-refractivity contribution in [3.05, 3.63) is 66.6 Å². The van der Waals surface area contributed by atoms with Crippen LogP contribution in [0.25, 0.3) is 0 Å². The molecule has 2 heterocycles. The fraction of sp³-hybridized carbons (Fsp3) is 0.105. The minimum Gasteiger partial charge on any atom is -0.338 e. The third-order valence-electron chi connectivity index (χ3n) is 3.55. The minimum atomic E-state index is -0.434. The fourth-order valence-electron chi connectivity index (χ4n) is 2.30. The molecule has 0 aliphatic carbocycles. The summed E-state index contributed by atoms with van der Waals surface area (Å²) in [5.41, 5.74) is 1.50. The Morgan fingerprint density at radius 1 is 0.964 bits per heavy atom. The van der Waals surface area contributed by atoms with Crippen molar-refractivity contribution >= 4 is 35.1 Å². The van der Waals surface area contributed by atoms with Gasteiger partial charge in [-0.25, -0.2) is 9.78 Å². The Hall–Kier alpha value is -4.01. The SMILES string of the molecule is CCNC(=O)Nc1ncc(C(=O)Nc2ccccc2)c(Nc2cccnc2)n1. The second-order valence-corrected chi connectivity index (χ2v) is 5.63. The summed E-state index contributed by atoms with van der Waals surface area (Å²) in [5, 5.41) is 10.9. The zero-order valence-electron chi connectivity index (χ0n) is 15.1. The Balaban J connectivity index is 1.88. The van der Waals surface area contributed by atoms with Crippen LogP contribution in [0.3, 0.4) is 0 Å². The van der Waals surface area contributed by atoms with E-state index in [4.69, 9.17) is 0 Å². The molecule has 3 amide bonds. The molecule has 0 unspecified atom stereocenters. The van der Waals surface area contributed by atoms with Crippen LogP contribution in [0.5, 0.6) is 0 Å². The van der Waals surface area contributed by atoms with E-state index in [1.807, 2.05) is 18.2 Å². The van der Waals surface area contributed by atoms with Crippen LogP contribution in [0.1, 0.15) is 17.3 Å². The molecule has 0 bridgehead atoms. The van der Waals surface area contributed by atoms with E-state index in [0.717, 1.165) is 0 Å². The quantitative estimate of drug-likeness (QED) is 0.524. The van der Waals surface area contributed by atoms with Gasteiger partial charge in [0.2, 0.25) is 5.95 Å². The number of carbonyl (C=O) groups excluding carboxylic acids is 2. The Morgan fingerprint density at radius 2 is 1.75 bits per heavy atom. The third-order valence-corrected chi connectivity index (χ3v) is 3.55. The molecule has 0 fully saturated rings. The molecule has 0 saturated carbocycles. The lowest BCUT2D eigenvalue weighted by Crippen LogP contribution is -2.29. The van der Waals surface area contributed by atoms with Crippen LogP contribution < -0.4 is 21.3 Å². The summed E-state index contributed by atoms with van der Waals surface area (Å²) in [6.07, 6.45) is 4.58. The number of rotatable bonds is 6. The smallest absolute Gasteiger partial charge is 0.321 e.